The first-order valence-corrected chi connectivity index (χ1v) is 5.36. The highest BCUT2D eigenvalue weighted by atomic mass is 79.9. The van der Waals surface area contributed by atoms with Gasteiger partial charge in [-0.2, -0.15) is 0 Å². The largest absolute Gasteiger partial charge is 0.204 e. The Balaban J connectivity index is 2.94. The third kappa shape index (κ3) is 1.18. The summed E-state index contributed by atoms with van der Waals surface area (Å²) in [5.74, 6) is -0.288. The molecule has 0 aliphatic heterocycles. The maximum absolute atomic E-state index is 13.2. The monoisotopic (exact) mass is 262 g/mol. The molecule has 1 aromatic heterocycles. The van der Waals surface area contributed by atoms with Crippen molar-refractivity contribution < 1.29 is 4.39 Å². The van der Waals surface area contributed by atoms with Gasteiger partial charge < -0.3 is 0 Å². The molecular formula is C8H4BrFS2. The minimum Gasteiger partial charge on any atom is -0.204 e. The molecule has 0 N–H and O–H groups in total. The molecule has 0 nitrogen and oxygen atoms in total. The van der Waals surface area contributed by atoms with Crippen molar-refractivity contribution in [3.05, 3.63) is 27.8 Å². The van der Waals surface area contributed by atoms with Gasteiger partial charge in [0.25, 0.3) is 0 Å². The topological polar surface area (TPSA) is 0 Å². The number of thiophene rings is 1. The predicted molar refractivity (Wildman–Crippen MR) is 56.7 cm³/mol. The number of hydrogen-bond acceptors (Lipinski definition) is 2. The Labute approximate surface area is 86.9 Å². The zero-order chi connectivity index (χ0) is 8.72. The second kappa shape index (κ2) is 3.01. The molecule has 0 atom stereocenters. The molecule has 0 amide bonds. The van der Waals surface area contributed by atoms with Crippen LogP contribution in [0.5, 0.6) is 0 Å². The van der Waals surface area contributed by atoms with Gasteiger partial charge in [0.05, 0.1) is 4.47 Å². The number of fused-ring (bicyclic) bond motifs is 1. The van der Waals surface area contributed by atoms with Crippen LogP contribution in [0.4, 0.5) is 4.39 Å². The van der Waals surface area contributed by atoms with Crippen molar-refractivity contribution in [1.82, 2.24) is 0 Å². The molecule has 0 bridgehead atoms. The fraction of sp³-hybridized carbons (Fsp3) is 0. The van der Waals surface area contributed by atoms with Gasteiger partial charge in [-0.1, -0.05) is 0 Å². The summed E-state index contributed by atoms with van der Waals surface area (Å²) in [4.78, 5) is 0.386. The second-order valence-corrected chi connectivity index (χ2v) is 4.58. The second-order valence-electron chi connectivity index (χ2n) is 2.36. The van der Waals surface area contributed by atoms with E-state index in [0.717, 1.165) is 10.1 Å². The summed E-state index contributed by atoms with van der Waals surface area (Å²) >= 11 is 8.79. The molecule has 4 heteroatoms. The zero-order valence-corrected chi connectivity index (χ0v) is 9.14. The van der Waals surface area contributed by atoms with Crippen molar-refractivity contribution >= 4 is 50.0 Å². The highest BCUT2D eigenvalue weighted by Crippen LogP contribution is 2.33. The van der Waals surface area contributed by atoms with Gasteiger partial charge in [-0.15, -0.1) is 24.0 Å². The summed E-state index contributed by atoms with van der Waals surface area (Å²) < 4.78 is 14.8. The maximum atomic E-state index is 13.2. The zero-order valence-electron chi connectivity index (χ0n) is 5.84. The van der Waals surface area contributed by atoms with Crippen molar-refractivity contribution in [3.63, 3.8) is 0 Å². The molecule has 2 aromatic rings. The van der Waals surface area contributed by atoms with Crippen molar-refractivity contribution in [2.24, 2.45) is 0 Å². The lowest BCUT2D eigenvalue weighted by Gasteiger charge is -1.99. The minimum absolute atomic E-state index is 0.288. The van der Waals surface area contributed by atoms with E-state index < -0.39 is 0 Å². The van der Waals surface area contributed by atoms with E-state index in [2.05, 4.69) is 28.6 Å². The van der Waals surface area contributed by atoms with Crippen LogP contribution in [0.25, 0.3) is 10.1 Å². The van der Waals surface area contributed by atoms with Crippen LogP contribution in [0.15, 0.2) is 26.9 Å². The molecule has 1 aromatic carbocycles. The molecular weight excluding hydrogens is 259 g/mol. The molecule has 0 saturated heterocycles. The van der Waals surface area contributed by atoms with Gasteiger partial charge in [0.15, 0.2) is 5.82 Å². The van der Waals surface area contributed by atoms with Gasteiger partial charge in [0.1, 0.15) is 0 Å². The molecule has 0 spiro atoms. The first kappa shape index (κ1) is 8.53. The SMILES string of the molecule is Fc1c(S)cc2sccc2c1Br. The van der Waals surface area contributed by atoms with Gasteiger partial charge >= 0.3 is 0 Å². The fourth-order valence-corrected chi connectivity index (χ4v) is 3.04. The maximum Gasteiger partial charge on any atom is 0.151 e. The summed E-state index contributed by atoms with van der Waals surface area (Å²) in [6.07, 6.45) is 0. The van der Waals surface area contributed by atoms with Gasteiger partial charge in [0, 0.05) is 15.0 Å². The molecule has 2 rings (SSSR count). The van der Waals surface area contributed by atoms with Crippen molar-refractivity contribution in [1.29, 1.82) is 0 Å². The highest BCUT2D eigenvalue weighted by Gasteiger charge is 2.09. The lowest BCUT2D eigenvalue weighted by atomic mass is 10.2. The van der Waals surface area contributed by atoms with Crippen LogP contribution < -0.4 is 0 Å². The minimum atomic E-state index is -0.288. The van der Waals surface area contributed by atoms with Crippen LogP contribution in [0.1, 0.15) is 0 Å². The van der Waals surface area contributed by atoms with E-state index in [0.29, 0.717) is 9.37 Å². The first-order valence-electron chi connectivity index (χ1n) is 3.24. The van der Waals surface area contributed by atoms with Crippen LogP contribution in [-0.2, 0) is 0 Å². The summed E-state index contributed by atoms with van der Waals surface area (Å²) in [5, 5.41) is 2.84. The van der Waals surface area contributed by atoms with Gasteiger partial charge in [-0.3, -0.25) is 0 Å². The Morgan fingerprint density at radius 3 is 3.00 bits per heavy atom. The van der Waals surface area contributed by atoms with Crippen molar-refractivity contribution in [3.8, 4) is 0 Å². The van der Waals surface area contributed by atoms with Gasteiger partial charge in [0.2, 0.25) is 0 Å². The summed E-state index contributed by atoms with van der Waals surface area (Å²) in [6.45, 7) is 0. The average molecular weight is 263 g/mol. The summed E-state index contributed by atoms with van der Waals surface area (Å²) in [6, 6.07) is 3.63. The number of hydrogen-bond donors (Lipinski definition) is 1. The van der Waals surface area contributed by atoms with E-state index in [-0.39, 0.29) is 5.82 Å². The average Bonchev–Trinajstić information content (AvgIpc) is 2.48. The van der Waals surface area contributed by atoms with Gasteiger partial charge in [-0.05, 0) is 33.4 Å². The number of benzene rings is 1. The molecule has 0 fully saturated rings. The van der Waals surface area contributed by atoms with E-state index in [1.807, 2.05) is 11.4 Å². The summed E-state index contributed by atoms with van der Waals surface area (Å²) in [7, 11) is 0. The predicted octanol–water partition coefficient (Wildman–Crippen LogP) is 4.09. The molecule has 12 heavy (non-hydrogen) atoms. The number of rotatable bonds is 0. The normalized spacial score (nSPS) is 10.9. The molecule has 62 valence electrons. The Kier molecular flexibility index (Phi) is 2.14. The van der Waals surface area contributed by atoms with E-state index in [1.165, 1.54) is 0 Å². The fourth-order valence-electron chi connectivity index (χ4n) is 1.03. The molecule has 0 aliphatic carbocycles. The third-order valence-electron chi connectivity index (χ3n) is 1.62. The Morgan fingerprint density at radius 2 is 2.25 bits per heavy atom. The van der Waals surface area contributed by atoms with E-state index in [9.17, 15) is 4.39 Å². The Morgan fingerprint density at radius 1 is 1.50 bits per heavy atom. The first-order chi connectivity index (χ1) is 5.70. The summed E-state index contributed by atoms with van der Waals surface area (Å²) in [5.41, 5.74) is 0. The van der Waals surface area contributed by atoms with Crippen LogP contribution >= 0.6 is 39.9 Å². The van der Waals surface area contributed by atoms with Crippen molar-refractivity contribution in [2.45, 2.75) is 4.90 Å². The number of halogens is 2. The van der Waals surface area contributed by atoms with E-state index in [1.54, 1.807) is 17.4 Å². The Bertz CT molecular complexity index is 436. The van der Waals surface area contributed by atoms with Crippen LogP contribution in [0, 0.1) is 5.82 Å². The van der Waals surface area contributed by atoms with Crippen molar-refractivity contribution in [2.75, 3.05) is 0 Å². The standard InChI is InChI=1S/C8H4BrFS2/c9-7-4-1-2-12-6(4)3-5(11)8(7)10/h1-3,11H. The Hall–Kier alpha value is -0.0600. The van der Waals surface area contributed by atoms with Crippen LogP contribution in [0.3, 0.4) is 0 Å². The van der Waals surface area contributed by atoms with E-state index >= 15 is 0 Å². The molecule has 0 aliphatic rings. The lowest BCUT2D eigenvalue weighted by Crippen LogP contribution is -1.79. The molecule has 0 saturated carbocycles. The van der Waals surface area contributed by atoms with Crippen LogP contribution in [-0.4, -0.2) is 0 Å². The third-order valence-corrected chi connectivity index (χ3v) is 3.58. The van der Waals surface area contributed by atoms with Crippen LogP contribution in [0.2, 0.25) is 0 Å². The molecule has 0 radical (unpaired) electrons. The smallest absolute Gasteiger partial charge is 0.151 e. The molecule has 0 unspecified atom stereocenters. The van der Waals surface area contributed by atoms with Gasteiger partial charge in [-0.25, -0.2) is 4.39 Å². The quantitative estimate of drug-likeness (QED) is 0.680. The highest BCUT2D eigenvalue weighted by molar-refractivity contribution is 9.10. The molecule has 1 heterocycles. The van der Waals surface area contributed by atoms with E-state index in [4.69, 9.17) is 0 Å². The lowest BCUT2D eigenvalue weighted by molar-refractivity contribution is 0.598. The number of thiol groups is 1.